The van der Waals surface area contributed by atoms with Crippen molar-refractivity contribution in [2.45, 2.75) is 31.4 Å². The van der Waals surface area contributed by atoms with E-state index in [1.165, 1.54) is 6.20 Å². The van der Waals surface area contributed by atoms with Gasteiger partial charge < -0.3 is 14.3 Å². The third-order valence-corrected chi connectivity index (χ3v) is 4.40. The molecule has 2 saturated heterocycles. The van der Waals surface area contributed by atoms with E-state index < -0.39 is 5.54 Å². The van der Waals surface area contributed by atoms with Crippen LogP contribution < -0.4 is 5.48 Å². The highest BCUT2D eigenvalue weighted by Gasteiger charge is 2.55. The van der Waals surface area contributed by atoms with Crippen LogP contribution in [0.3, 0.4) is 0 Å². The van der Waals surface area contributed by atoms with Crippen LogP contribution in [0.2, 0.25) is 0 Å². The SMILES string of the molecule is COC1=NC=C(F)C([C@]23CO[C@@H](C)C[C@H]2CON3)C1. The Kier molecular flexibility index (Phi) is 3.32. The molecule has 0 aromatic heterocycles. The molecule has 0 bridgehead atoms. The number of aliphatic imine (C=N–C) groups is 1. The van der Waals surface area contributed by atoms with Gasteiger partial charge in [-0.2, -0.15) is 5.48 Å². The molecule has 3 rings (SSSR count). The predicted octanol–water partition coefficient (Wildman–Crippen LogP) is 1.56. The molecule has 19 heavy (non-hydrogen) atoms. The summed E-state index contributed by atoms with van der Waals surface area (Å²) in [4.78, 5) is 9.36. The molecule has 3 aliphatic heterocycles. The number of methoxy groups -OCH3 is 1. The maximum atomic E-state index is 14.2. The minimum Gasteiger partial charge on any atom is -0.484 e. The fourth-order valence-electron chi connectivity index (χ4n) is 3.25. The molecule has 0 aliphatic carbocycles. The Labute approximate surface area is 111 Å². The lowest BCUT2D eigenvalue weighted by atomic mass is 9.70. The third kappa shape index (κ3) is 2.07. The van der Waals surface area contributed by atoms with E-state index in [0.29, 0.717) is 25.5 Å². The fraction of sp³-hybridized carbons (Fsp3) is 0.769. The second-order valence-corrected chi connectivity index (χ2v) is 5.51. The van der Waals surface area contributed by atoms with Crippen LogP contribution in [0.25, 0.3) is 0 Å². The van der Waals surface area contributed by atoms with Gasteiger partial charge in [0.25, 0.3) is 0 Å². The summed E-state index contributed by atoms with van der Waals surface area (Å²) in [7, 11) is 1.56. The Balaban J connectivity index is 1.88. The number of hydroxylamine groups is 1. The number of nitrogens with zero attached hydrogens (tertiary/aromatic N) is 1. The molecule has 4 atom stereocenters. The first-order valence-electron chi connectivity index (χ1n) is 6.62. The highest BCUT2D eigenvalue weighted by atomic mass is 19.1. The van der Waals surface area contributed by atoms with Crippen LogP contribution in [0, 0.1) is 11.8 Å². The van der Waals surface area contributed by atoms with Crippen molar-refractivity contribution in [3.63, 3.8) is 0 Å². The second kappa shape index (κ2) is 4.85. The molecule has 3 heterocycles. The zero-order valence-corrected chi connectivity index (χ0v) is 11.2. The summed E-state index contributed by atoms with van der Waals surface area (Å²) in [5, 5.41) is 0. The first-order valence-corrected chi connectivity index (χ1v) is 6.62. The zero-order chi connectivity index (χ0) is 13.5. The van der Waals surface area contributed by atoms with Crippen molar-refractivity contribution in [3.8, 4) is 0 Å². The van der Waals surface area contributed by atoms with Crippen molar-refractivity contribution in [1.82, 2.24) is 5.48 Å². The number of hydrogen-bond acceptors (Lipinski definition) is 5. The maximum Gasteiger partial charge on any atom is 0.188 e. The zero-order valence-electron chi connectivity index (χ0n) is 11.2. The fourth-order valence-corrected chi connectivity index (χ4v) is 3.25. The van der Waals surface area contributed by atoms with Crippen molar-refractivity contribution >= 4 is 5.90 Å². The highest BCUT2D eigenvalue weighted by molar-refractivity contribution is 5.78. The molecule has 3 aliphatic rings. The summed E-state index contributed by atoms with van der Waals surface area (Å²) < 4.78 is 25.1. The van der Waals surface area contributed by atoms with Gasteiger partial charge in [-0.05, 0) is 13.3 Å². The molecule has 6 heteroatoms. The Morgan fingerprint density at radius 2 is 2.42 bits per heavy atom. The Morgan fingerprint density at radius 3 is 3.21 bits per heavy atom. The lowest BCUT2D eigenvalue weighted by Crippen LogP contribution is -2.59. The lowest BCUT2D eigenvalue weighted by Gasteiger charge is -2.44. The second-order valence-electron chi connectivity index (χ2n) is 5.51. The van der Waals surface area contributed by atoms with Crippen LogP contribution >= 0.6 is 0 Å². The van der Waals surface area contributed by atoms with E-state index in [0.717, 1.165) is 6.42 Å². The monoisotopic (exact) mass is 270 g/mol. The molecule has 0 aromatic rings. The minimum atomic E-state index is -0.507. The van der Waals surface area contributed by atoms with Crippen LogP contribution in [0.1, 0.15) is 19.8 Å². The quantitative estimate of drug-likeness (QED) is 0.785. The smallest absolute Gasteiger partial charge is 0.188 e. The van der Waals surface area contributed by atoms with Crippen LogP contribution in [0.5, 0.6) is 0 Å². The van der Waals surface area contributed by atoms with E-state index in [1.807, 2.05) is 6.92 Å². The largest absolute Gasteiger partial charge is 0.484 e. The van der Waals surface area contributed by atoms with E-state index in [2.05, 4.69) is 10.5 Å². The van der Waals surface area contributed by atoms with E-state index in [4.69, 9.17) is 14.3 Å². The highest BCUT2D eigenvalue weighted by Crippen LogP contribution is 2.44. The summed E-state index contributed by atoms with van der Waals surface area (Å²) in [5.41, 5.74) is 2.51. The molecule has 5 nitrogen and oxygen atoms in total. The molecule has 2 fully saturated rings. The van der Waals surface area contributed by atoms with Crippen molar-refractivity contribution in [1.29, 1.82) is 0 Å². The summed E-state index contributed by atoms with van der Waals surface area (Å²) in [6, 6.07) is 0. The number of fused-ring (bicyclic) bond motifs is 1. The first kappa shape index (κ1) is 13.0. The van der Waals surface area contributed by atoms with Crippen molar-refractivity contribution < 1.29 is 18.7 Å². The topological polar surface area (TPSA) is 52.1 Å². The third-order valence-electron chi connectivity index (χ3n) is 4.40. The van der Waals surface area contributed by atoms with Gasteiger partial charge in [0.1, 0.15) is 5.83 Å². The van der Waals surface area contributed by atoms with Gasteiger partial charge in [-0.25, -0.2) is 9.38 Å². The summed E-state index contributed by atoms with van der Waals surface area (Å²) in [5.74, 6) is 0.213. The average molecular weight is 270 g/mol. The minimum absolute atomic E-state index is 0.188. The van der Waals surface area contributed by atoms with Gasteiger partial charge >= 0.3 is 0 Å². The molecule has 1 unspecified atom stereocenters. The predicted molar refractivity (Wildman–Crippen MR) is 67.1 cm³/mol. The summed E-state index contributed by atoms with van der Waals surface area (Å²) in [6.45, 7) is 3.08. The van der Waals surface area contributed by atoms with E-state index >= 15 is 0 Å². The van der Waals surface area contributed by atoms with E-state index in [1.54, 1.807) is 7.11 Å². The summed E-state index contributed by atoms with van der Waals surface area (Å²) in [6.07, 6.45) is 2.74. The van der Waals surface area contributed by atoms with Gasteiger partial charge in [-0.15, -0.1) is 0 Å². The number of halogens is 1. The maximum absolute atomic E-state index is 14.2. The molecule has 0 amide bonds. The van der Waals surface area contributed by atoms with Crippen molar-refractivity contribution in [3.05, 3.63) is 12.0 Å². The number of rotatable bonds is 1. The molecule has 0 radical (unpaired) electrons. The normalized spacial score (nSPS) is 42.4. The number of nitrogens with one attached hydrogen (secondary N) is 1. The van der Waals surface area contributed by atoms with Gasteiger partial charge in [0.2, 0.25) is 0 Å². The van der Waals surface area contributed by atoms with Gasteiger partial charge in [0, 0.05) is 18.3 Å². The number of ether oxygens (including phenoxy) is 2. The van der Waals surface area contributed by atoms with Gasteiger partial charge in [0.15, 0.2) is 5.90 Å². The molecule has 0 spiro atoms. The van der Waals surface area contributed by atoms with E-state index in [9.17, 15) is 4.39 Å². The van der Waals surface area contributed by atoms with Crippen LogP contribution in [0.4, 0.5) is 4.39 Å². The van der Waals surface area contributed by atoms with Crippen molar-refractivity contribution in [2.75, 3.05) is 20.3 Å². The van der Waals surface area contributed by atoms with Crippen LogP contribution in [0.15, 0.2) is 17.0 Å². The van der Waals surface area contributed by atoms with Crippen LogP contribution in [-0.4, -0.2) is 37.9 Å². The molecule has 0 aromatic carbocycles. The molecule has 1 N–H and O–H groups in total. The lowest BCUT2D eigenvalue weighted by molar-refractivity contribution is -0.0778. The Hall–Kier alpha value is -0.980. The summed E-state index contributed by atoms with van der Waals surface area (Å²) >= 11 is 0. The average Bonchev–Trinajstić information content (AvgIpc) is 2.83. The number of hydrogen-bond donors (Lipinski definition) is 1. The van der Waals surface area contributed by atoms with Crippen LogP contribution in [-0.2, 0) is 14.3 Å². The molecular weight excluding hydrogens is 251 g/mol. The first-order chi connectivity index (χ1) is 9.15. The molecular formula is C13H19FN2O3. The van der Waals surface area contributed by atoms with Gasteiger partial charge in [-0.1, -0.05) is 0 Å². The molecule has 0 saturated carbocycles. The van der Waals surface area contributed by atoms with Gasteiger partial charge in [-0.3, -0.25) is 0 Å². The Bertz CT molecular complexity index is 426. The molecule has 106 valence electrons. The Morgan fingerprint density at radius 1 is 1.58 bits per heavy atom. The standard InChI is InChI=1S/C13H19FN2O3/c1-8-3-9-6-19-16-13(9,7-18-8)10-4-12(17-2)15-5-11(10)14/h5,8-10,16H,3-4,6-7H2,1-2H3/t8-,9-,10?,13-/m0/s1. The van der Waals surface area contributed by atoms with E-state index in [-0.39, 0.29) is 23.8 Å². The van der Waals surface area contributed by atoms with Crippen molar-refractivity contribution in [2.24, 2.45) is 16.8 Å². The van der Waals surface area contributed by atoms with Gasteiger partial charge in [0.05, 0.1) is 38.2 Å².